The summed E-state index contributed by atoms with van der Waals surface area (Å²) in [5, 5.41) is 10.5. The van der Waals surface area contributed by atoms with Gasteiger partial charge in [-0.05, 0) is 44.0 Å². The quantitative estimate of drug-likeness (QED) is 0.553. The number of fused-ring (bicyclic) bond motifs is 1. The summed E-state index contributed by atoms with van der Waals surface area (Å²) in [6, 6.07) is 12.6. The molecule has 7 nitrogen and oxygen atoms in total. The Morgan fingerprint density at radius 3 is 2.41 bits per heavy atom. The van der Waals surface area contributed by atoms with Gasteiger partial charge in [0.05, 0.1) is 25.3 Å². The molecule has 7 heteroatoms. The lowest BCUT2D eigenvalue weighted by atomic mass is 9.83. The van der Waals surface area contributed by atoms with Gasteiger partial charge in [-0.15, -0.1) is 0 Å². The third-order valence-electron chi connectivity index (χ3n) is 6.35. The molecule has 4 unspecified atom stereocenters. The number of para-hydroxylation sites is 1. The molecule has 0 spiro atoms. The van der Waals surface area contributed by atoms with Crippen molar-refractivity contribution < 1.29 is 19.4 Å². The molecule has 172 valence electrons. The van der Waals surface area contributed by atoms with Crippen LogP contribution < -0.4 is 20.3 Å². The molecule has 1 amide bonds. The Hall–Kier alpha value is -2.77. The first-order valence-electron chi connectivity index (χ1n) is 11.6. The van der Waals surface area contributed by atoms with Gasteiger partial charge in [-0.1, -0.05) is 37.6 Å². The number of aromatic hydroxyl groups is 1. The molecule has 3 N–H and O–H groups in total. The van der Waals surface area contributed by atoms with Crippen molar-refractivity contribution in [1.29, 1.82) is 0 Å². The fourth-order valence-electron chi connectivity index (χ4n) is 4.95. The average molecular weight is 440 g/mol. The maximum Gasteiger partial charge on any atom is 0.242 e. The van der Waals surface area contributed by atoms with Crippen LogP contribution in [0.1, 0.15) is 56.8 Å². The number of phenols is 1. The molecule has 0 saturated carbocycles. The maximum atomic E-state index is 13.4. The van der Waals surface area contributed by atoms with Gasteiger partial charge in [0.1, 0.15) is 11.8 Å². The van der Waals surface area contributed by atoms with E-state index in [2.05, 4.69) is 17.8 Å². The first kappa shape index (κ1) is 22.4. The minimum Gasteiger partial charge on any atom is -0.508 e. The second-order valence-corrected chi connectivity index (χ2v) is 8.28. The molecule has 2 aromatic carbocycles. The number of carbonyl (C=O) groups excluding carboxylic acids is 1. The summed E-state index contributed by atoms with van der Waals surface area (Å²) in [5.74, 6) is 1.63. The van der Waals surface area contributed by atoms with Crippen molar-refractivity contribution in [1.82, 2.24) is 15.8 Å². The number of hydrogen-bond acceptors (Lipinski definition) is 6. The predicted octanol–water partition coefficient (Wildman–Crippen LogP) is 3.71. The monoisotopic (exact) mass is 439 g/mol. The van der Waals surface area contributed by atoms with Crippen molar-refractivity contribution >= 4 is 5.91 Å². The zero-order valence-corrected chi connectivity index (χ0v) is 19.0. The van der Waals surface area contributed by atoms with Crippen molar-refractivity contribution in [3.63, 3.8) is 0 Å². The van der Waals surface area contributed by atoms with Crippen molar-refractivity contribution in [2.45, 2.75) is 51.7 Å². The van der Waals surface area contributed by atoms with Crippen molar-refractivity contribution in [2.75, 3.05) is 19.8 Å². The van der Waals surface area contributed by atoms with Gasteiger partial charge in [-0.3, -0.25) is 4.79 Å². The van der Waals surface area contributed by atoms with E-state index in [1.54, 1.807) is 6.07 Å². The van der Waals surface area contributed by atoms with E-state index in [1.165, 1.54) is 0 Å². The van der Waals surface area contributed by atoms with Crippen LogP contribution in [0, 0.1) is 5.92 Å². The third kappa shape index (κ3) is 4.02. The fourth-order valence-corrected chi connectivity index (χ4v) is 4.95. The van der Waals surface area contributed by atoms with Gasteiger partial charge in [0.2, 0.25) is 5.91 Å². The molecule has 32 heavy (non-hydrogen) atoms. The molecule has 0 bridgehead atoms. The standard InChI is InChI=1S/C25H33N3O4/c1-4-7-14-28-24(16-12-13-19(31-5-2)20(15-16)32-6-3)21-22(26-27-23(21)25(28)30)17-10-8-9-11-18(17)29/h8-13,15,21-24,26-27,29H,4-7,14H2,1-3H3. The number of hydrazine groups is 1. The molecule has 4 rings (SSSR count). The van der Waals surface area contributed by atoms with Crippen LogP contribution in [-0.2, 0) is 4.79 Å². The highest BCUT2D eigenvalue weighted by atomic mass is 16.5. The average Bonchev–Trinajstić information content (AvgIpc) is 3.33. The molecular formula is C25H33N3O4. The van der Waals surface area contributed by atoms with Gasteiger partial charge < -0.3 is 19.5 Å². The number of phenolic OH excluding ortho intramolecular Hbond substituents is 1. The van der Waals surface area contributed by atoms with Crippen LogP contribution in [0.3, 0.4) is 0 Å². The molecule has 0 aliphatic carbocycles. The molecule has 2 fully saturated rings. The number of nitrogens with one attached hydrogen (secondary N) is 2. The molecule has 0 aromatic heterocycles. The van der Waals surface area contributed by atoms with Gasteiger partial charge >= 0.3 is 0 Å². The smallest absolute Gasteiger partial charge is 0.242 e. The maximum absolute atomic E-state index is 13.4. The third-order valence-corrected chi connectivity index (χ3v) is 6.35. The van der Waals surface area contributed by atoms with Crippen molar-refractivity contribution in [3.8, 4) is 17.2 Å². The molecule has 0 radical (unpaired) electrons. The van der Waals surface area contributed by atoms with E-state index < -0.39 is 0 Å². The fraction of sp³-hybridized carbons (Fsp3) is 0.480. The lowest BCUT2D eigenvalue weighted by Crippen LogP contribution is -2.41. The predicted molar refractivity (Wildman–Crippen MR) is 123 cm³/mol. The Balaban J connectivity index is 1.77. The van der Waals surface area contributed by atoms with Crippen LogP contribution in [0.4, 0.5) is 0 Å². The molecule has 2 aliphatic heterocycles. The largest absolute Gasteiger partial charge is 0.508 e. The van der Waals surface area contributed by atoms with Crippen molar-refractivity contribution in [2.24, 2.45) is 5.92 Å². The summed E-state index contributed by atoms with van der Waals surface area (Å²) >= 11 is 0. The van der Waals surface area contributed by atoms with Crippen LogP contribution in [0.15, 0.2) is 42.5 Å². The number of ether oxygens (including phenoxy) is 2. The summed E-state index contributed by atoms with van der Waals surface area (Å²) in [5.41, 5.74) is 8.30. The van der Waals surface area contributed by atoms with Crippen LogP contribution >= 0.6 is 0 Å². The number of nitrogens with zero attached hydrogens (tertiary/aromatic N) is 1. The van der Waals surface area contributed by atoms with E-state index in [0.29, 0.717) is 31.3 Å². The van der Waals surface area contributed by atoms with Gasteiger partial charge in [0.15, 0.2) is 11.5 Å². The van der Waals surface area contributed by atoms with E-state index in [0.717, 1.165) is 24.0 Å². The Morgan fingerprint density at radius 2 is 1.69 bits per heavy atom. The summed E-state index contributed by atoms with van der Waals surface area (Å²) in [4.78, 5) is 15.4. The van der Waals surface area contributed by atoms with Gasteiger partial charge in [-0.2, -0.15) is 0 Å². The van der Waals surface area contributed by atoms with E-state index in [4.69, 9.17) is 9.47 Å². The number of rotatable bonds is 9. The van der Waals surface area contributed by atoms with Crippen molar-refractivity contribution in [3.05, 3.63) is 53.6 Å². The topological polar surface area (TPSA) is 83.1 Å². The lowest BCUT2D eigenvalue weighted by molar-refractivity contribution is -0.130. The minimum absolute atomic E-state index is 0.0833. The normalized spacial score (nSPS) is 24.6. The van der Waals surface area contributed by atoms with Crippen LogP contribution in [-0.4, -0.2) is 41.7 Å². The van der Waals surface area contributed by atoms with Crippen LogP contribution in [0.25, 0.3) is 0 Å². The second kappa shape index (κ2) is 9.79. The summed E-state index contributed by atoms with van der Waals surface area (Å²) < 4.78 is 11.6. The molecule has 4 atom stereocenters. The zero-order valence-electron chi connectivity index (χ0n) is 19.0. The van der Waals surface area contributed by atoms with Crippen LogP contribution in [0.5, 0.6) is 17.2 Å². The van der Waals surface area contributed by atoms with E-state index in [9.17, 15) is 9.90 Å². The Kier molecular flexibility index (Phi) is 6.86. The number of amides is 1. The van der Waals surface area contributed by atoms with E-state index in [1.807, 2.05) is 55.1 Å². The Labute approximate surface area is 189 Å². The van der Waals surface area contributed by atoms with E-state index >= 15 is 0 Å². The number of likely N-dealkylation sites (tertiary alicyclic amines) is 1. The molecule has 2 aromatic rings. The van der Waals surface area contributed by atoms with Gasteiger partial charge in [0.25, 0.3) is 0 Å². The molecule has 2 saturated heterocycles. The highest BCUT2D eigenvalue weighted by molar-refractivity contribution is 5.86. The van der Waals surface area contributed by atoms with Gasteiger partial charge in [0, 0.05) is 18.0 Å². The first-order chi connectivity index (χ1) is 15.6. The second-order valence-electron chi connectivity index (χ2n) is 8.28. The Bertz CT molecular complexity index is 951. The highest BCUT2D eigenvalue weighted by Gasteiger charge is 2.55. The molecule has 2 aliphatic rings. The van der Waals surface area contributed by atoms with Gasteiger partial charge in [-0.25, -0.2) is 10.9 Å². The molecular weight excluding hydrogens is 406 g/mol. The number of carbonyl (C=O) groups is 1. The van der Waals surface area contributed by atoms with E-state index in [-0.39, 0.29) is 35.7 Å². The minimum atomic E-state index is -0.358. The number of hydrogen-bond donors (Lipinski definition) is 3. The van der Waals surface area contributed by atoms with Crippen LogP contribution in [0.2, 0.25) is 0 Å². The first-order valence-corrected chi connectivity index (χ1v) is 11.6. The highest BCUT2D eigenvalue weighted by Crippen LogP contribution is 2.49. The summed E-state index contributed by atoms with van der Waals surface area (Å²) in [6.45, 7) is 7.80. The summed E-state index contributed by atoms with van der Waals surface area (Å²) in [7, 11) is 0. The lowest BCUT2D eigenvalue weighted by Gasteiger charge is -2.32. The Morgan fingerprint density at radius 1 is 0.969 bits per heavy atom. The summed E-state index contributed by atoms with van der Waals surface area (Å²) in [6.07, 6.45) is 1.94. The molecule has 2 heterocycles. The number of unbranched alkanes of at least 4 members (excludes halogenated alkanes) is 1. The SMILES string of the molecule is CCCCN1C(=O)C2NNC(c3ccccc3O)C2C1c1ccc(OCC)c(OCC)c1. The zero-order chi connectivity index (χ0) is 22.7. The number of benzene rings is 2.